The van der Waals surface area contributed by atoms with E-state index in [1.54, 1.807) is 18.3 Å². The van der Waals surface area contributed by atoms with E-state index in [2.05, 4.69) is 31.0 Å². The van der Waals surface area contributed by atoms with Crippen LogP contribution in [-0.4, -0.2) is 25.9 Å². The second kappa shape index (κ2) is 8.26. The molecule has 0 aromatic carbocycles. The number of carbonyl (C=O) groups is 1. The van der Waals surface area contributed by atoms with Crippen molar-refractivity contribution in [2.24, 2.45) is 11.8 Å². The summed E-state index contributed by atoms with van der Waals surface area (Å²) in [5, 5.41) is 5.29. The van der Waals surface area contributed by atoms with Crippen LogP contribution in [0.2, 0.25) is 0 Å². The number of nitrogens with one attached hydrogen (secondary N) is 2. The minimum Gasteiger partial charge on any atom is -0.302 e. The fraction of sp³-hybridized carbons (Fsp3) is 0.467. The van der Waals surface area contributed by atoms with Crippen LogP contribution in [0.5, 0.6) is 0 Å². The maximum Gasteiger partial charge on any atom is 0.250 e. The topological polar surface area (TPSA) is 88.2 Å². The summed E-state index contributed by atoms with van der Waals surface area (Å²) in [5.74, 6) is 0.254. The molecule has 2 aromatic rings. The van der Waals surface area contributed by atoms with E-state index in [-0.39, 0.29) is 17.7 Å². The number of thiophene rings is 1. The van der Waals surface area contributed by atoms with E-state index in [0.717, 1.165) is 29.5 Å². The zero-order valence-electron chi connectivity index (χ0n) is 13.3. The molecule has 136 valence electrons. The summed E-state index contributed by atoms with van der Waals surface area (Å²) in [5.41, 5.74) is 0. The highest BCUT2D eigenvalue weighted by Gasteiger charge is 2.28. The molecule has 25 heavy (non-hydrogen) atoms. The largest absolute Gasteiger partial charge is 0.302 e. The Kier molecular flexibility index (Phi) is 6.26. The van der Waals surface area contributed by atoms with Crippen molar-refractivity contribution in [3.05, 3.63) is 27.5 Å². The van der Waals surface area contributed by atoms with Crippen molar-refractivity contribution in [1.82, 2.24) is 9.71 Å². The minimum atomic E-state index is -3.45. The lowest BCUT2D eigenvalue weighted by Crippen LogP contribution is -2.33. The van der Waals surface area contributed by atoms with E-state index in [9.17, 15) is 13.2 Å². The average Bonchev–Trinajstić information content (AvgIpc) is 3.25. The Morgan fingerprint density at radius 3 is 2.64 bits per heavy atom. The Balaban J connectivity index is 1.45. The predicted octanol–water partition coefficient (Wildman–Crippen LogP) is 3.69. The second-order valence-electron chi connectivity index (χ2n) is 5.95. The molecule has 3 rings (SSSR count). The van der Waals surface area contributed by atoms with Gasteiger partial charge < -0.3 is 5.32 Å². The number of anilines is 1. The van der Waals surface area contributed by atoms with Gasteiger partial charge in [0.2, 0.25) is 15.9 Å². The van der Waals surface area contributed by atoms with Crippen molar-refractivity contribution in [3.63, 3.8) is 0 Å². The molecule has 0 bridgehead atoms. The Morgan fingerprint density at radius 2 is 2.04 bits per heavy atom. The van der Waals surface area contributed by atoms with Crippen molar-refractivity contribution in [2.75, 3.05) is 11.9 Å². The Hall–Kier alpha value is -0.810. The van der Waals surface area contributed by atoms with E-state index in [1.807, 2.05) is 5.38 Å². The molecule has 0 unspecified atom stereocenters. The second-order valence-corrected chi connectivity index (χ2v) is 11.3. The lowest BCUT2D eigenvalue weighted by molar-refractivity contribution is -0.121. The van der Waals surface area contributed by atoms with Gasteiger partial charge in [0, 0.05) is 24.0 Å². The number of rotatable bonds is 6. The monoisotopic (exact) mass is 463 g/mol. The lowest BCUT2D eigenvalue weighted by atomic mass is 9.81. The Bertz CT molecular complexity index is 812. The Labute approximate surface area is 163 Å². The number of sulfonamides is 1. The SMILES string of the molecule is O=C(Nc1nccs1)C1CCC(CNS(=O)(=O)c2ccc(Br)s2)CC1. The molecule has 0 saturated heterocycles. The quantitative estimate of drug-likeness (QED) is 0.683. The molecule has 6 nitrogen and oxygen atoms in total. The van der Waals surface area contributed by atoms with Crippen LogP contribution in [-0.2, 0) is 14.8 Å². The van der Waals surface area contributed by atoms with Gasteiger partial charge in [0.05, 0.1) is 3.79 Å². The number of nitrogens with zero attached hydrogens (tertiary/aromatic N) is 1. The van der Waals surface area contributed by atoms with Crippen LogP contribution in [0.25, 0.3) is 0 Å². The number of thiazole rings is 1. The number of hydrogen-bond acceptors (Lipinski definition) is 6. The van der Waals surface area contributed by atoms with Crippen molar-refractivity contribution >= 4 is 59.7 Å². The molecule has 1 saturated carbocycles. The number of halogens is 1. The van der Waals surface area contributed by atoms with Crippen LogP contribution < -0.4 is 10.0 Å². The van der Waals surface area contributed by atoms with Crippen molar-refractivity contribution in [3.8, 4) is 0 Å². The first kappa shape index (κ1) is 19.0. The molecule has 0 radical (unpaired) electrons. The van der Waals surface area contributed by atoms with Gasteiger partial charge in [-0.3, -0.25) is 4.79 Å². The molecule has 1 aliphatic rings. The van der Waals surface area contributed by atoms with Crippen LogP contribution in [0.15, 0.2) is 31.7 Å². The molecule has 2 N–H and O–H groups in total. The van der Waals surface area contributed by atoms with Gasteiger partial charge in [0.15, 0.2) is 5.13 Å². The van der Waals surface area contributed by atoms with Crippen molar-refractivity contribution < 1.29 is 13.2 Å². The summed E-state index contributed by atoms with van der Waals surface area (Å²) < 4.78 is 28.3. The molecule has 1 fully saturated rings. The van der Waals surface area contributed by atoms with Gasteiger partial charge in [-0.15, -0.1) is 22.7 Å². The molecule has 0 aliphatic heterocycles. The van der Waals surface area contributed by atoms with Gasteiger partial charge in [0.25, 0.3) is 0 Å². The third kappa shape index (κ3) is 5.10. The normalized spacial score (nSPS) is 21.2. The van der Waals surface area contributed by atoms with Crippen LogP contribution in [0.3, 0.4) is 0 Å². The standard InChI is InChI=1S/C15H18BrN3O3S3/c16-12-5-6-13(24-12)25(21,22)18-9-10-1-3-11(4-2-10)14(20)19-15-17-7-8-23-15/h5-8,10-11,18H,1-4,9H2,(H,17,19,20). The fourth-order valence-electron chi connectivity index (χ4n) is 2.86. The van der Waals surface area contributed by atoms with Gasteiger partial charge in [-0.25, -0.2) is 18.1 Å². The molecule has 2 heterocycles. The third-order valence-electron chi connectivity index (χ3n) is 4.26. The maximum atomic E-state index is 12.2. The number of aromatic nitrogens is 1. The molecular formula is C15H18BrN3O3S3. The third-order valence-corrected chi connectivity index (χ3v) is 8.48. The highest BCUT2D eigenvalue weighted by molar-refractivity contribution is 9.11. The smallest absolute Gasteiger partial charge is 0.250 e. The summed E-state index contributed by atoms with van der Waals surface area (Å²) in [7, 11) is -3.45. The minimum absolute atomic E-state index is 0.0115. The zero-order valence-corrected chi connectivity index (χ0v) is 17.3. The summed E-state index contributed by atoms with van der Waals surface area (Å²) in [6, 6.07) is 3.32. The first-order chi connectivity index (χ1) is 11.9. The van der Waals surface area contributed by atoms with Crippen molar-refractivity contribution in [1.29, 1.82) is 0 Å². The van der Waals surface area contributed by atoms with Crippen molar-refractivity contribution in [2.45, 2.75) is 29.9 Å². The van der Waals surface area contributed by atoms with Crippen LogP contribution in [0, 0.1) is 11.8 Å². The average molecular weight is 464 g/mol. The molecular weight excluding hydrogens is 446 g/mol. The number of amides is 1. The molecule has 1 amide bonds. The zero-order chi connectivity index (χ0) is 17.9. The predicted molar refractivity (Wildman–Crippen MR) is 103 cm³/mol. The summed E-state index contributed by atoms with van der Waals surface area (Å²) in [6.45, 7) is 0.415. The van der Waals surface area contributed by atoms with Gasteiger partial charge in [0.1, 0.15) is 4.21 Å². The first-order valence-corrected chi connectivity index (χ1v) is 11.9. The molecule has 2 aromatic heterocycles. The van der Waals surface area contributed by atoms with E-state index < -0.39 is 10.0 Å². The van der Waals surface area contributed by atoms with Gasteiger partial charge >= 0.3 is 0 Å². The van der Waals surface area contributed by atoms with Gasteiger partial charge in [-0.1, -0.05) is 0 Å². The maximum absolute atomic E-state index is 12.2. The molecule has 0 spiro atoms. The number of carbonyl (C=O) groups excluding carboxylic acids is 1. The molecule has 0 atom stereocenters. The highest BCUT2D eigenvalue weighted by atomic mass is 79.9. The summed E-state index contributed by atoms with van der Waals surface area (Å²) in [4.78, 5) is 16.3. The van der Waals surface area contributed by atoms with E-state index in [1.165, 1.54) is 22.7 Å². The van der Waals surface area contributed by atoms with Crippen LogP contribution in [0.1, 0.15) is 25.7 Å². The Morgan fingerprint density at radius 1 is 1.28 bits per heavy atom. The number of hydrogen-bond donors (Lipinski definition) is 2. The lowest BCUT2D eigenvalue weighted by Gasteiger charge is -2.27. The van der Waals surface area contributed by atoms with Gasteiger partial charge in [-0.05, 0) is 59.7 Å². The van der Waals surface area contributed by atoms with E-state index in [0.29, 0.717) is 15.9 Å². The fourth-order valence-corrected chi connectivity index (χ4v) is 6.56. The summed E-state index contributed by atoms with van der Waals surface area (Å²) >= 11 is 5.88. The molecule has 1 aliphatic carbocycles. The highest BCUT2D eigenvalue weighted by Crippen LogP contribution is 2.30. The van der Waals surface area contributed by atoms with Crippen LogP contribution >= 0.6 is 38.6 Å². The van der Waals surface area contributed by atoms with Crippen LogP contribution in [0.4, 0.5) is 5.13 Å². The first-order valence-electron chi connectivity index (χ1n) is 7.89. The van der Waals surface area contributed by atoms with Gasteiger partial charge in [-0.2, -0.15) is 0 Å². The van der Waals surface area contributed by atoms with E-state index >= 15 is 0 Å². The van der Waals surface area contributed by atoms with E-state index in [4.69, 9.17) is 0 Å². The summed E-state index contributed by atoms with van der Waals surface area (Å²) in [6.07, 6.45) is 4.89. The molecule has 10 heteroatoms.